The number of aromatic nitrogens is 1. The summed E-state index contributed by atoms with van der Waals surface area (Å²) in [6.45, 7) is 3.80. The molecular weight excluding hydrogens is 391 g/mol. The molecule has 0 unspecified atom stereocenters. The van der Waals surface area contributed by atoms with Crippen LogP contribution in [-0.4, -0.2) is 66.5 Å². The van der Waals surface area contributed by atoms with E-state index in [1.54, 1.807) is 11.8 Å². The molecule has 3 heterocycles. The summed E-state index contributed by atoms with van der Waals surface area (Å²) < 4.78 is 19.5. The molecule has 2 saturated heterocycles. The number of rotatable bonds is 1. The third-order valence-corrected chi connectivity index (χ3v) is 5.97. The van der Waals surface area contributed by atoms with E-state index in [4.69, 9.17) is 4.74 Å². The predicted molar refractivity (Wildman–Crippen MR) is 107 cm³/mol. The van der Waals surface area contributed by atoms with E-state index in [1.165, 1.54) is 12.3 Å². The molecule has 2 N–H and O–H groups in total. The Morgan fingerprint density at radius 3 is 2.73 bits per heavy atom. The molecule has 8 nitrogen and oxygen atoms in total. The number of ether oxygens (including phenoxy) is 1. The number of nitrogens with one attached hydrogen (secondary N) is 2. The fraction of sp³-hybridized carbons (Fsp3) is 0.619. The van der Waals surface area contributed by atoms with Crippen molar-refractivity contribution in [3.05, 3.63) is 29.8 Å². The van der Waals surface area contributed by atoms with E-state index >= 15 is 0 Å². The SMILES string of the molecule is C[C@@H]1NC(=O)C2(CCCCOCCNC1=O)CCN(C(=O)c1ccncc1F)CC2. The number of carbonyl (C=O) groups excluding carboxylic acids is 3. The molecule has 164 valence electrons. The molecule has 1 aromatic heterocycles. The number of piperidine rings is 1. The zero-order valence-corrected chi connectivity index (χ0v) is 17.3. The highest BCUT2D eigenvalue weighted by Crippen LogP contribution is 2.37. The number of halogens is 1. The minimum atomic E-state index is -0.657. The van der Waals surface area contributed by atoms with Gasteiger partial charge in [-0.15, -0.1) is 0 Å². The van der Waals surface area contributed by atoms with Gasteiger partial charge >= 0.3 is 0 Å². The highest BCUT2D eigenvalue weighted by atomic mass is 19.1. The van der Waals surface area contributed by atoms with Crippen LogP contribution in [0.2, 0.25) is 0 Å². The van der Waals surface area contributed by atoms with E-state index in [-0.39, 0.29) is 17.4 Å². The number of likely N-dealkylation sites (tertiary alicyclic amines) is 1. The highest BCUT2D eigenvalue weighted by Gasteiger charge is 2.42. The van der Waals surface area contributed by atoms with Gasteiger partial charge in [-0.3, -0.25) is 19.4 Å². The van der Waals surface area contributed by atoms with E-state index in [0.29, 0.717) is 52.1 Å². The van der Waals surface area contributed by atoms with Gasteiger partial charge in [0.25, 0.3) is 5.91 Å². The summed E-state index contributed by atoms with van der Waals surface area (Å²) in [5, 5.41) is 5.61. The quantitative estimate of drug-likeness (QED) is 0.713. The zero-order valence-electron chi connectivity index (χ0n) is 17.3. The molecule has 0 radical (unpaired) electrons. The topological polar surface area (TPSA) is 101 Å². The number of hydrogen-bond acceptors (Lipinski definition) is 5. The Hall–Kier alpha value is -2.55. The van der Waals surface area contributed by atoms with Gasteiger partial charge in [0.1, 0.15) is 6.04 Å². The fourth-order valence-electron chi connectivity index (χ4n) is 4.03. The smallest absolute Gasteiger partial charge is 0.256 e. The summed E-state index contributed by atoms with van der Waals surface area (Å²) in [4.78, 5) is 43.3. The Morgan fingerprint density at radius 1 is 1.23 bits per heavy atom. The Balaban J connectivity index is 1.70. The van der Waals surface area contributed by atoms with Crippen LogP contribution in [0.15, 0.2) is 18.5 Å². The van der Waals surface area contributed by atoms with Crippen molar-refractivity contribution in [1.82, 2.24) is 20.5 Å². The van der Waals surface area contributed by atoms with Gasteiger partial charge in [0.2, 0.25) is 11.8 Å². The minimum Gasteiger partial charge on any atom is -0.380 e. The van der Waals surface area contributed by atoms with Gasteiger partial charge in [0.15, 0.2) is 5.82 Å². The Labute approximate surface area is 175 Å². The molecule has 0 saturated carbocycles. The van der Waals surface area contributed by atoms with Crippen molar-refractivity contribution in [2.24, 2.45) is 5.41 Å². The second-order valence-electron chi connectivity index (χ2n) is 7.98. The van der Waals surface area contributed by atoms with E-state index in [9.17, 15) is 18.8 Å². The summed E-state index contributed by atoms with van der Waals surface area (Å²) >= 11 is 0. The Morgan fingerprint density at radius 2 is 2.00 bits per heavy atom. The van der Waals surface area contributed by atoms with Gasteiger partial charge in [0.05, 0.1) is 23.8 Å². The van der Waals surface area contributed by atoms with Crippen LogP contribution in [0.1, 0.15) is 49.4 Å². The Kier molecular flexibility index (Phi) is 7.36. The fourth-order valence-corrected chi connectivity index (χ4v) is 4.03. The summed E-state index contributed by atoms with van der Waals surface area (Å²) in [7, 11) is 0. The highest BCUT2D eigenvalue weighted by molar-refractivity contribution is 5.95. The molecule has 2 fully saturated rings. The first-order chi connectivity index (χ1) is 14.4. The van der Waals surface area contributed by atoms with Gasteiger partial charge < -0.3 is 20.3 Å². The predicted octanol–water partition coefficient (Wildman–Crippen LogP) is 1.26. The molecule has 30 heavy (non-hydrogen) atoms. The van der Waals surface area contributed by atoms with Crippen molar-refractivity contribution >= 4 is 17.7 Å². The third kappa shape index (κ3) is 5.13. The van der Waals surface area contributed by atoms with Gasteiger partial charge in [-0.1, -0.05) is 6.42 Å². The van der Waals surface area contributed by atoms with Crippen LogP contribution in [0.4, 0.5) is 4.39 Å². The largest absolute Gasteiger partial charge is 0.380 e. The normalized spacial score (nSPS) is 23.5. The lowest BCUT2D eigenvalue weighted by molar-refractivity contribution is -0.137. The molecule has 1 spiro atoms. The molecule has 1 atom stereocenters. The maximum atomic E-state index is 13.9. The van der Waals surface area contributed by atoms with Gasteiger partial charge in [-0.05, 0) is 38.7 Å². The monoisotopic (exact) mass is 420 g/mol. The second kappa shape index (κ2) is 9.97. The molecule has 0 bridgehead atoms. The first-order valence-corrected chi connectivity index (χ1v) is 10.5. The average molecular weight is 420 g/mol. The second-order valence-corrected chi connectivity index (χ2v) is 7.98. The minimum absolute atomic E-state index is 0.0113. The number of amides is 3. The van der Waals surface area contributed by atoms with Crippen molar-refractivity contribution in [2.75, 3.05) is 32.8 Å². The van der Waals surface area contributed by atoms with Crippen molar-refractivity contribution < 1.29 is 23.5 Å². The third-order valence-electron chi connectivity index (χ3n) is 5.97. The van der Waals surface area contributed by atoms with Crippen molar-refractivity contribution in [3.63, 3.8) is 0 Å². The van der Waals surface area contributed by atoms with E-state index in [2.05, 4.69) is 15.6 Å². The van der Waals surface area contributed by atoms with Crippen LogP contribution in [0.3, 0.4) is 0 Å². The molecule has 3 amide bonds. The maximum absolute atomic E-state index is 13.9. The Bertz CT molecular complexity index is 780. The summed E-state index contributed by atoms with van der Waals surface area (Å²) in [5.74, 6) is -1.45. The van der Waals surface area contributed by atoms with E-state index in [1.807, 2.05) is 0 Å². The van der Waals surface area contributed by atoms with Crippen LogP contribution >= 0.6 is 0 Å². The van der Waals surface area contributed by atoms with Crippen LogP contribution in [0, 0.1) is 11.2 Å². The number of carbonyl (C=O) groups is 3. The molecule has 1 aromatic rings. The van der Waals surface area contributed by atoms with Crippen LogP contribution in [-0.2, 0) is 14.3 Å². The lowest BCUT2D eigenvalue weighted by Gasteiger charge is -2.41. The summed E-state index contributed by atoms with van der Waals surface area (Å²) in [6.07, 6.45) is 5.63. The standard InChI is InChI=1S/C21H29FN4O4/c1-15-18(27)24-9-13-30-12-3-2-5-21(20(29)25-15)6-10-26(11-7-21)19(28)16-4-8-23-14-17(16)22/h4,8,14-15H,2-3,5-7,9-13H2,1H3,(H,24,27)(H,25,29)/t15-/m0/s1. The lowest BCUT2D eigenvalue weighted by atomic mass is 9.73. The molecule has 0 aliphatic carbocycles. The van der Waals surface area contributed by atoms with Gasteiger partial charge in [-0.25, -0.2) is 4.39 Å². The van der Waals surface area contributed by atoms with Gasteiger partial charge in [-0.2, -0.15) is 0 Å². The van der Waals surface area contributed by atoms with Crippen LogP contribution < -0.4 is 10.6 Å². The van der Waals surface area contributed by atoms with E-state index < -0.39 is 23.2 Å². The van der Waals surface area contributed by atoms with Crippen LogP contribution in [0.25, 0.3) is 0 Å². The van der Waals surface area contributed by atoms with Gasteiger partial charge in [0, 0.05) is 32.4 Å². The molecule has 9 heteroatoms. The number of nitrogens with zero attached hydrogens (tertiary/aromatic N) is 2. The molecule has 2 aliphatic rings. The van der Waals surface area contributed by atoms with E-state index in [0.717, 1.165) is 19.0 Å². The zero-order chi connectivity index (χ0) is 21.6. The number of hydrogen-bond donors (Lipinski definition) is 2. The van der Waals surface area contributed by atoms with Crippen LogP contribution in [0.5, 0.6) is 0 Å². The summed E-state index contributed by atoms with van der Waals surface area (Å²) in [6, 6.07) is 0.717. The van der Waals surface area contributed by atoms with Crippen molar-refractivity contribution in [2.45, 2.75) is 45.1 Å². The molecule has 0 aromatic carbocycles. The average Bonchev–Trinajstić information content (AvgIpc) is 2.75. The first-order valence-electron chi connectivity index (χ1n) is 10.5. The lowest BCUT2D eigenvalue weighted by Crippen LogP contribution is -2.54. The molecule has 2 aliphatic heterocycles. The molecular formula is C21H29FN4O4. The summed E-state index contributed by atoms with van der Waals surface area (Å²) in [5.41, 5.74) is -0.668. The van der Waals surface area contributed by atoms with Crippen molar-refractivity contribution in [1.29, 1.82) is 0 Å². The first kappa shape index (κ1) is 22.1. The maximum Gasteiger partial charge on any atom is 0.256 e. The number of pyridine rings is 1. The molecule has 3 rings (SSSR count). The van der Waals surface area contributed by atoms with Crippen molar-refractivity contribution in [3.8, 4) is 0 Å².